The molecule has 0 radical (unpaired) electrons. The summed E-state index contributed by atoms with van der Waals surface area (Å²) in [4.78, 5) is 4.20. The van der Waals surface area contributed by atoms with Crippen molar-refractivity contribution in [1.29, 1.82) is 0 Å². The fraction of sp³-hybridized carbons (Fsp3) is 0.750. The zero-order valence-electron chi connectivity index (χ0n) is 7.12. The van der Waals surface area contributed by atoms with Crippen LogP contribution < -0.4 is 0 Å². The summed E-state index contributed by atoms with van der Waals surface area (Å²) < 4.78 is 10.2. The maximum Gasteiger partial charge on any atom is 0.223 e. The van der Waals surface area contributed by atoms with Gasteiger partial charge in [0.25, 0.3) is 0 Å². The molecule has 12 heavy (non-hydrogen) atoms. The lowest BCUT2D eigenvalue weighted by atomic mass is 10.00. The second-order valence-electron chi connectivity index (χ2n) is 3.06. The van der Waals surface area contributed by atoms with Crippen molar-refractivity contribution >= 4 is 0 Å². The zero-order chi connectivity index (χ0) is 8.39. The summed E-state index contributed by atoms with van der Waals surface area (Å²) in [7, 11) is 0. The van der Waals surface area contributed by atoms with Crippen molar-refractivity contribution in [3.63, 3.8) is 0 Å². The lowest BCUT2D eigenvalue weighted by Crippen LogP contribution is -2.15. The van der Waals surface area contributed by atoms with Gasteiger partial charge in [-0.1, -0.05) is 5.16 Å². The van der Waals surface area contributed by atoms with Crippen LogP contribution in [0.15, 0.2) is 4.52 Å². The van der Waals surface area contributed by atoms with Gasteiger partial charge in [0.2, 0.25) is 5.89 Å². The molecule has 4 nitrogen and oxygen atoms in total. The molecule has 0 N–H and O–H groups in total. The summed E-state index contributed by atoms with van der Waals surface area (Å²) in [5.74, 6) is 1.93. The Bertz CT molecular complexity index is 253. The summed E-state index contributed by atoms with van der Waals surface area (Å²) in [6.45, 7) is 3.45. The molecule has 0 bridgehead atoms. The van der Waals surface area contributed by atoms with Crippen LogP contribution in [-0.4, -0.2) is 23.4 Å². The van der Waals surface area contributed by atoms with Gasteiger partial charge in [0.1, 0.15) is 0 Å². The van der Waals surface area contributed by atoms with E-state index in [1.165, 1.54) is 0 Å². The Balaban J connectivity index is 2.08. The first kappa shape index (κ1) is 7.73. The molecular weight excluding hydrogens is 156 g/mol. The first-order valence-corrected chi connectivity index (χ1v) is 4.24. The molecule has 2 heterocycles. The number of aryl methyl sites for hydroxylation is 1. The van der Waals surface area contributed by atoms with Gasteiger partial charge in [-0.3, -0.25) is 0 Å². The molecule has 0 aliphatic carbocycles. The smallest absolute Gasteiger partial charge is 0.223 e. The number of rotatable bonds is 1. The highest BCUT2D eigenvalue weighted by atomic mass is 16.5. The van der Waals surface area contributed by atoms with E-state index in [0.717, 1.165) is 31.9 Å². The number of ether oxygens (including phenoxy) is 1. The van der Waals surface area contributed by atoms with Gasteiger partial charge >= 0.3 is 0 Å². The predicted octanol–water partition coefficient (Wildman–Crippen LogP) is 1.27. The van der Waals surface area contributed by atoms with Crippen LogP contribution in [-0.2, 0) is 4.74 Å². The van der Waals surface area contributed by atoms with Crippen molar-refractivity contribution < 1.29 is 9.26 Å². The molecule has 0 aromatic carbocycles. The van der Waals surface area contributed by atoms with Crippen LogP contribution in [0, 0.1) is 6.92 Å². The topological polar surface area (TPSA) is 48.2 Å². The molecule has 1 aliphatic heterocycles. The molecule has 2 rings (SSSR count). The zero-order valence-corrected chi connectivity index (χ0v) is 7.12. The van der Waals surface area contributed by atoms with Crippen molar-refractivity contribution in [3.8, 4) is 0 Å². The van der Waals surface area contributed by atoms with Crippen LogP contribution in [0.3, 0.4) is 0 Å². The standard InChI is InChI=1S/C8H12N2O2/c1-6-9-8(10-12-6)7-2-4-11-5-3-7/h7H,2-5H2,1H3. The van der Waals surface area contributed by atoms with E-state index in [0.29, 0.717) is 11.8 Å². The Morgan fingerprint density at radius 3 is 2.67 bits per heavy atom. The molecule has 4 heteroatoms. The van der Waals surface area contributed by atoms with Crippen LogP contribution in [0.1, 0.15) is 30.5 Å². The highest BCUT2D eigenvalue weighted by Crippen LogP contribution is 2.23. The summed E-state index contributed by atoms with van der Waals surface area (Å²) in [6, 6.07) is 0. The first-order chi connectivity index (χ1) is 5.86. The van der Waals surface area contributed by atoms with E-state index >= 15 is 0 Å². The fourth-order valence-electron chi connectivity index (χ4n) is 1.44. The minimum absolute atomic E-state index is 0.441. The van der Waals surface area contributed by atoms with Crippen LogP contribution in [0.4, 0.5) is 0 Å². The molecule has 1 fully saturated rings. The van der Waals surface area contributed by atoms with E-state index < -0.39 is 0 Å². The second-order valence-corrected chi connectivity index (χ2v) is 3.06. The van der Waals surface area contributed by atoms with Gasteiger partial charge in [-0.25, -0.2) is 0 Å². The lowest BCUT2D eigenvalue weighted by Gasteiger charge is -2.18. The minimum atomic E-state index is 0.441. The van der Waals surface area contributed by atoms with Crippen molar-refractivity contribution in [2.24, 2.45) is 0 Å². The molecule has 0 amide bonds. The first-order valence-electron chi connectivity index (χ1n) is 4.24. The van der Waals surface area contributed by atoms with Gasteiger partial charge in [0.15, 0.2) is 5.82 Å². The third-order valence-electron chi connectivity index (χ3n) is 2.13. The summed E-state index contributed by atoms with van der Waals surface area (Å²) in [6.07, 6.45) is 2.03. The normalized spacial score (nSPS) is 19.8. The molecule has 1 aromatic heterocycles. The van der Waals surface area contributed by atoms with Gasteiger partial charge in [-0.15, -0.1) is 0 Å². The summed E-state index contributed by atoms with van der Waals surface area (Å²) in [5, 5.41) is 3.90. The summed E-state index contributed by atoms with van der Waals surface area (Å²) >= 11 is 0. The number of hydrogen-bond donors (Lipinski definition) is 0. The second kappa shape index (κ2) is 3.23. The van der Waals surface area contributed by atoms with E-state index in [2.05, 4.69) is 10.1 Å². The molecule has 0 saturated carbocycles. The van der Waals surface area contributed by atoms with Crippen molar-refractivity contribution in [2.45, 2.75) is 25.7 Å². The maximum absolute atomic E-state index is 5.24. The van der Waals surface area contributed by atoms with Gasteiger partial charge in [0, 0.05) is 26.1 Å². The molecular formula is C8H12N2O2. The third-order valence-corrected chi connectivity index (χ3v) is 2.13. The molecule has 66 valence electrons. The summed E-state index contributed by atoms with van der Waals surface area (Å²) in [5.41, 5.74) is 0. The fourth-order valence-corrected chi connectivity index (χ4v) is 1.44. The average Bonchev–Trinajstić information content (AvgIpc) is 2.54. The van der Waals surface area contributed by atoms with Crippen LogP contribution in [0.5, 0.6) is 0 Å². The molecule has 0 spiro atoms. The Labute approximate surface area is 70.9 Å². The quantitative estimate of drug-likeness (QED) is 0.633. The van der Waals surface area contributed by atoms with Crippen molar-refractivity contribution in [1.82, 2.24) is 10.1 Å². The van der Waals surface area contributed by atoms with E-state index in [1.54, 1.807) is 0 Å². The monoisotopic (exact) mass is 168 g/mol. The molecule has 1 saturated heterocycles. The van der Waals surface area contributed by atoms with E-state index in [9.17, 15) is 0 Å². The van der Waals surface area contributed by atoms with Gasteiger partial charge < -0.3 is 9.26 Å². The Kier molecular flexibility index (Phi) is 2.08. The maximum atomic E-state index is 5.24. The lowest BCUT2D eigenvalue weighted by molar-refractivity contribution is 0.0830. The number of hydrogen-bond acceptors (Lipinski definition) is 4. The molecule has 0 atom stereocenters. The van der Waals surface area contributed by atoms with E-state index in [4.69, 9.17) is 9.26 Å². The highest BCUT2D eigenvalue weighted by molar-refractivity contribution is 4.95. The molecule has 1 aliphatic rings. The van der Waals surface area contributed by atoms with Crippen LogP contribution >= 0.6 is 0 Å². The van der Waals surface area contributed by atoms with E-state index in [1.807, 2.05) is 6.92 Å². The van der Waals surface area contributed by atoms with Crippen LogP contribution in [0.2, 0.25) is 0 Å². The van der Waals surface area contributed by atoms with Gasteiger partial charge in [0.05, 0.1) is 0 Å². The minimum Gasteiger partial charge on any atom is -0.381 e. The highest BCUT2D eigenvalue weighted by Gasteiger charge is 2.20. The number of nitrogens with zero attached hydrogens (tertiary/aromatic N) is 2. The van der Waals surface area contributed by atoms with Crippen LogP contribution in [0.25, 0.3) is 0 Å². The van der Waals surface area contributed by atoms with Gasteiger partial charge in [-0.2, -0.15) is 4.98 Å². The predicted molar refractivity (Wildman–Crippen MR) is 41.8 cm³/mol. The Hall–Kier alpha value is -0.900. The average molecular weight is 168 g/mol. The Morgan fingerprint density at radius 1 is 1.33 bits per heavy atom. The van der Waals surface area contributed by atoms with Crippen molar-refractivity contribution in [3.05, 3.63) is 11.7 Å². The number of aromatic nitrogens is 2. The Morgan fingerprint density at radius 2 is 2.08 bits per heavy atom. The SMILES string of the molecule is Cc1nc(C2CCOCC2)no1. The largest absolute Gasteiger partial charge is 0.381 e. The van der Waals surface area contributed by atoms with E-state index in [-0.39, 0.29) is 0 Å². The van der Waals surface area contributed by atoms with Crippen molar-refractivity contribution in [2.75, 3.05) is 13.2 Å². The molecule has 1 aromatic rings. The third kappa shape index (κ3) is 1.48. The molecule has 0 unspecified atom stereocenters. The van der Waals surface area contributed by atoms with Gasteiger partial charge in [-0.05, 0) is 12.8 Å².